The van der Waals surface area contributed by atoms with E-state index in [2.05, 4.69) is 15.3 Å². The first-order valence-corrected chi connectivity index (χ1v) is 11.1. The Hall–Kier alpha value is -3.11. The molecule has 0 unspecified atom stereocenters. The molecule has 2 aromatic heterocycles. The molecular weight excluding hydrogens is 424 g/mol. The smallest absolute Gasteiger partial charge is 0.300 e. The Morgan fingerprint density at radius 1 is 1.06 bits per heavy atom. The number of nitrogens with one attached hydrogen (secondary N) is 3. The van der Waals surface area contributed by atoms with Crippen molar-refractivity contribution < 1.29 is 17.2 Å². The average molecular weight is 448 g/mol. The lowest BCUT2D eigenvalue weighted by Crippen LogP contribution is -2.27. The molecule has 3 rings (SSSR count). The van der Waals surface area contributed by atoms with E-state index in [-0.39, 0.29) is 17.8 Å². The molecule has 0 spiro atoms. The molecule has 3 N–H and O–H groups in total. The number of nitrogens with zero attached hydrogens (tertiary/aromatic N) is 2. The predicted octanol–water partition coefficient (Wildman–Crippen LogP) is 3.84. The normalized spacial score (nSPS) is 11.4. The molecule has 0 saturated heterocycles. The Balaban J connectivity index is 1.87. The van der Waals surface area contributed by atoms with Crippen LogP contribution in [0.5, 0.6) is 0 Å². The van der Waals surface area contributed by atoms with Crippen molar-refractivity contribution in [3.8, 4) is 0 Å². The lowest BCUT2D eigenvalue weighted by atomic mass is 10.0. The summed E-state index contributed by atoms with van der Waals surface area (Å²) in [4.78, 5) is 7.94. The van der Waals surface area contributed by atoms with Gasteiger partial charge in [-0.1, -0.05) is 13.0 Å². The summed E-state index contributed by atoms with van der Waals surface area (Å²) in [5.74, 6) is -1.55. The van der Waals surface area contributed by atoms with E-state index in [0.29, 0.717) is 16.9 Å². The van der Waals surface area contributed by atoms with Crippen LogP contribution in [0.1, 0.15) is 29.2 Å². The summed E-state index contributed by atoms with van der Waals surface area (Å²) in [7, 11) is -2.70. The lowest BCUT2D eigenvalue weighted by molar-refractivity contribution is 0.589. The first kappa shape index (κ1) is 22.6. The monoisotopic (exact) mass is 447 g/mol. The molecule has 10 heteroatoms. The zero-order chi connectivity index (χ0) is 22.6. The van der Waals surface area contributed by atoms with Gasteiger partial charge in [-0.2, -0.15) is 8.42 Å². The van der Waals surface area contributed by atoms with Crippen molar-refractivity contribution in [2.24, 2.45) is 0 Å². The first-order valence-electron chi connectivity index (χ1n) is 9.57. The molecule has 0 fully saturated rings. The third-order valence-corrected chi connectivity index (χ3v) is 5.88. The summed E-state index contributed by atoms with van der Waals surface area (Å²) >= 11 is 0. The van der Waals surface area contributed by atoms with E-state index < -0.39 is 21.8 Å². The lowest BCUT2D eigenvalue weighted by Gasteiger charge is -2.15. The minimum atomic E-state index is -3.90. The minimum Gasteiger partial charge on any atom is -0.352 e. The topological polar surface area (TPSA) is 96.0 Å². The molecule has 0 aliphatic heterocycles. The van der Waals surface area contributed by atoms with Crippen LogP contribution in [0.3, 0.4) is 0 Å². The van der Waals surface area contributed by atoms with Crippen molar-refractivity contribution >= 4 is 27.4 Å². The van der Waals surface area contributed by atoms with Crippen molar-refractivity contribution in [1.82, 2.24) is 14.7 Å². The van der Waals surface area contributed by atoms with Gasteiger partial charge in [0.25, 0.3) is 10.2 Å². The number of hydrogen-bond acceptors (Lipinski definition) is 5. The van der Waals surface area contributed by atoms with E-state index in [4.69, 9.17) is 0 Å². The summed E-state index contributed by atoms with van der Waals surface area (Å²) in [6.45, 7) is 3.77. The van der Waals surface area contributed by atoms with E-state index in [0.717, 1.165) is 17.5 Å². The van der Waals surface area contributed by atoms with Crippen molar-refractivity contribution in [3.05, 3.63) is 76.7 Å². The molecule has 0 amide bonds. The Morgan fingerprint density at radius 3 is 2.52 bits per heavy atom. The Labute approximate surface area is 180 Å². The van der Waals surface area contributed by atoms with E-state index in [1.54, 1.807) is 18.5 Å². The molecule has 0 aliphatic rings. The van der Waals surface area contributed by atoms with Crippen LogP contribution in [-0.2, 0) is 23.1 Å². The van der Waals surface area contributed by atoms with Gasteiger partial charge in [-0.25, -0.2) is 18.5 Å². The maximum absolute atomic E-state index is 14.8. The largest absolute Gasteiger partial charge is 0.352 e. The van der Waals surface area contributed by atoms with Crippen LogP contribution < -0.4 is 14.8 Å². The SMILES string of the molecule is CCc1ccc(Nc2cncc(Cc3ccnc(NS(=O)(=O)NC)c3F)c2C)c(F)c1. The van der Waals surface area contributed by atoms with Gasteiger partial charge >= 0.3 is 0 Å². The van der Waals surface area contributed by atoms with Gasteiger partial charge in [-0.3, -0.25) is 9.71 Å². The highest BCUT2D eigenvalue weighted by Crippen LogP contribution is 2.27. The maximum atomic E-state index is 14.8. The number of benzene rings is 1. The standard InChI is InChI=1S/C21H23F2N5O2S/c1-4-14-5-6-18(17(22)9-14)27-19-12-25-11-16(13(19)2)10-15-7-8-26-21(20(15)23)28-31(29,30)24-3/h5-9,11-12,24,27H,4,10H2,1-3H3,(H,26,28). The van der Waals surface area contributed by atoms with Gasteiger partial charge in [0.15, 0.2) is 11.6 Å². The fraction of sp³-hybridized carbons (Fsp3) is 0.238. The predicted molar refractivity (Wildman–Crippen MR) is 117 cm³/mol. The second-order valence-corrected chi connectivity index (χ2v) is 8.50. The summed E-state index contributed by atoms with van der Waals surface area (Å²) in [5, 5.41) is 3.04. The third-order valence-electron chi connectivity index (χ3n) is 4.88. The fourth-order valence-corrected chi connectivity index (χ4v) is 3.47. The van der Waals surface area contributed by atoms with Crippen LogP contribution >= 0.6 is 0 Å². The van der Waals surface area contributed by atoms with Gasteiger partial charge in [0.1, 0.15) is 5.82 Å². The van der Waals surface area contributed by atoms with Gasteiger partial charge in [-0.05, 0) is 53.8 Å². The van der Waals surface area contributed by atoms with Gasteiger partial charge in [0.2, 0.25) is 0 Å². The molecule has 3 aromatic rings. The van der Waals surface area contributed by atoms with Gasteiger partial charge in [-0.15, -0.1) is 0 Å². The number of rotatable bonds is 8. The molecule has 31 heavy (non-hydrogen) atoms. The van der Waals surface area contributed by atoms with Gasteiger partial charge in [0, 0.05) is 25.9 Å². The number of aromatic nitrogens is 2. The number of pyridine rings is 2. The molecule has 0 saturated carbocycles. The Bertz CT molecular complexity index is 1200. The summed E-state index contributed by atoms with van der Waals surface area (Å²) in [6.07, 6.45) is 5.36. The number of aryl methyl sites for hydroxylation is 1. The zero-order valence-electron chi connectivity index (χ0n) is 17.3. The molecule has 0 bridgehead atoms. The minimum absolute atomic E-state index is 0.147. The molecular formula is C21H23F2N5O2S. The second kappa shape index (κ2) is 9.36. The molecule has 7 nitrogen and oxygen atoms in total. The van der Waals surface area contributed by atoms with Gasteiger partial charge in [0.05, 0.1) is 17.6 Å². The third kappa shape index (κ3) is 5.33. The zero-order valence-corrected chi connectivity index (χ0v) is 18.1. The molecule has 0 aliphatic carbocycles. The molecule has 0 radical (unpaired) electrons. The highest BCUT2D eigenvalue weighted by Gasteiger charge is 2.17. The van der Waals surface area contributed by atoms with Crippen molar-refractivity contribution in [3.63, 3.8) is 0 Å². The van der Waals surface area contributed by atoms with Crippen LogP contribution in [0, 0.1) is 18.6 Å². The highest BCUT2D eigenvalue weighted by atomic mass is 32.2. The molecule has 2 heterocycles. The number of halogens is 2. The van der Waals surface area contributed by atoms with E-state index in [1.165, 1.54) is 25.4 Å². The van der Waals surface area contributed by atoms with Crippen LogP contribution in [0.25, 0.3) is 0 Å². The quantitative estimate of drug-likeness (QED) is 0.488. The van der Waals surface area contributed by atoms with Crippen LogP contribution in [0.4, 0.5) is 26.0 Å². The molecule has 0 atom stereocenters. The average Bonchev–Trinajstić information content (AvgIpc) is 2.74. The van der Waals surface area contributed by atoms with Crippen LogP contribution in [0.2, 0.25) is 0 Å². The first-order chi connectivity index (χ1) is 14.7. The van der Waals surface area contributed by atoms with E-state index in [9.17, 15) is 17.2 Å². The fourth-order valence-electron chi connectivity index (χ4n) is 2.97. The van der Waals surface area contributed by atoms with E-state index >= 15 is 0 Å². The molecule has 164 valence electrons. The Kier molecular flexibility index (Phi) is 6.81. The number of anilines is 3. The second-order valence-electron chi connectivity index (χ2n) is 6.88. The number of hydrogen-bond donors (Lipinski definition) is 3. The van der Waals surface area contributed by atoms with Crippen molar-refractivity contribution in [1.29, 1.82) is 0 Å². The molecule has 1 aromatic carbocycles. The van der Waals surface area contributed by atoms with Gasteiger partial charge < -0.3 is 5.32 Å². The maximum Gasteiger partial charge on any atom is 0.300 e. The Morgan fingerprint density at radius 2 is 1.84 bits per heavy atom. The summed E-state index contributed by atoms with van der Waals surface area (Å²) in [5.41, 5.74) is 3.50. The van der Waals surface area contributed by atoms with Crippen LogP contribution in [-0.4, -0.2) is 25.4 Å². The summed E-state index contributed by atoms with van der Waals surface area (Å²) in [6, 6.07) is 6.46. The van der Waals surface area contributed by atoms with Crippen LogP contribution in [0.15, 0.2) is 42.9 Å². The van der Waals surface area contributed by atoms with Crippen molar-refractivity contribution in [2.45, 2.75) is 26.7 Å². The highest BCUT2D eigenvalue weighted by molar-refractivity contribution is 7.90. The summed E-state index contributed by atoms with van der Waals surface area (Å²) < 4.78 is 56.6. The van der Waals surface area contributed by atoms with Crippen molar-refractivity contribution in [2.75, 3.05) is 17.1 Å². The van der Waals surface area contributed by atoms with E-state index in [1.807, 2.05) is 29.4 Å².